The van der Waals surface area contributed by atoms with Gasteiger partial charge in [0, 0.05) is 19.0 Å². The smallest absolute Gasteiger partial charge is 0.416 e. The lowest BCUT2D eigenvalue weighted by atomic mass is 10.1. The predicted octanol–water partition coefficient (Wildman–Crippen LogP) is 5.31. The third-order valence-corrected chi connectivity index (χ3v) is 5.07. The van der Waals surface area contributed by atoms with Crippen LogP contribution in [0.3, 0.4) is 0 Å². The number of fused-ring (bicyclic) bond motifs is 1. The zero-order chi connectivity index (χ0) is 21.8. The van der Waals surface area contributed by atoms with E-state index in [4.69, 9.17) is 4.74 Å². The summed E-state index contributed by atoms with van der Waals surface area (Å²) in [6.45, 7) is 0.801. The minimum Gasteiger partial charge on any atom is -0.423 e. The largest absolute Gasteiger partial charge is 0.423 e. The highest BCUT2D eigenvalue weighted by Crippen LogP contribution is 2.31. The van der Waals surface area contributed by atoms with Crippen LogP contribution in [0.15, 0.2) is 54.6 Å². The number of hydrogen-bond donors (Lipinski definition) is 0. The highest BCUT2D eigenvalue weighted by molar-refractivity contribution is 5.89. The summed E-state index contributed by atoms with van der Waals surface area (Å²) < 4.78 is 46.1. The van der Waals surface area contributed by atoms with Crippen molar-refractivity contribution in [1.29, 1.82) is 0 Å². The van der Waals surface area contributed by atoms with Crippen molar-refractivity contribution in [3.8, 4) is 17.1 Å². The molecule has 1 aliphatic rings. The fourth-order valence-electron chi connectivity index (χ4n) is 3.55. The van der Waals surface area contributed by atoms with Crippen molar-refractivity contribution in [2.24, 2.45) is 0 Å². The molecule has 0 bridgehead atoms. The molecule has 2 heterocycles. The fourth-order valence-corrected chi connectivity index (χ4v) is 3.55. The van der Waals surface area contributed by atoms with Gasteiger partial charge in [-0.05, 0) is 48.7 Å². The summed E-state index contributed by atoms with van der Waals surface area (Å²) in [6.07, 6.45) is 2.03. The van der Waals surface area contributed by atoms with E-state index in [1.807, 2.05) is 6.07 Å². The number of rotatable bonds is 4. The Morgan fingerprint density at radius 1 is 1.03 bits per heavy atom. The van der Waals surface area contributed by atoms with Crippen molar-refractivity contribution in [2.45, 2.75) is 38.4 Å². The van der Waals surface area contributed by atoms with Crippen molar-refractivity contribution >= 4 is 12.0 Å². The molecule has 0 N–H and O–H groups in total. The first kappa shape index (κ1) is 20.8. The first-order valence-corrected chi connectivity index (χ1v) is 10.0. The Balaban J connectivity index is 1.54. The van der Waals surface area contributed by atoms with E-state index >= 15 is 0 Å². The molecule has 0 aliphatic carbocycles. The monoisotopic (exact) mass is 427 g/mol. The van der Waals surface area contributed by atoms with Gasteiger partial charge in [-0.2, -0.15) is 13.2 Å². The number of esters is 1. The number of aromatic nitrogens is 3. The zero-order valence-electron chi connectivity index (χ0n) is 16.6. The molecule has 0 saturated carbocycles. The zero-order valence-corrected chi connectivity index (χ0v) is 16.6. The first-order valence-electron chi connectivity index (χ1n) is 10.0. The van der Waals surface area contributed by atoms with Gasteiger partial charge in [0.1, 0.15) is 11.6 Å². The second kappa shape index (κ2) is 8.75. The van der Waals surface area contributed by atoms with E-state index in [9.17, 15) is 18.0 Å². The van der Waals surface area contributed by atoms with Crippen LogP contribution >= 0.6 is 0 Å². The summed E-state index contributed by atoms with van der Waals surface area (Å²) in [6, 6.07) is 11.8. The van der Waals surface area contributed by atoms with E-state index in [0.29, 0.717) is 17.1 Å². The van der Waals surface area contributed by atoms with Crippen LogP contribution in [0.2, 0.25) is 0 Å². The maximum absolute atomic E-state index is 12.8. The normalized spacial score (nSPS) is 14.3. The minimum atomic E-state index is -4.44. The van der Waals surface area contributed by atoms with Gasteiger partial charge in [-0.25, -0.2) is 4.79 Å². The number of nitrogens with zero attached hydrogens (tertiary/aromatic N) is 3. The van der Waals surface area contributed by atoms with Crippen LogP contribution < -0.4 is 4.74 Å². The van der Waals surface area contributed by atoms with Crippen LogP contribution in [0.5, 0.6) is 5.75 Å². The number of aryl methyl sites for hydroxylation is 1. The number of alkyl halides is 3. The number of halogens is 3. The van der Waals surface area contributed by atoms with Crippen LogP contribution in [0.1, 0.15) is 36.2 Å². The lowest BCUT2D eigenvalue weighted by Crippen LogP contribution is -2.07. The van der Waals surface area contributed by atoms with Crippen LogP contribution in [-0.4, -0.2) is 20.7 Å². The van der Waals surface area contributed by atoms with Gasteiger partial charge in [-0.15, -0.1) is 10.2 Å². The maximum atomic E-state index is 12.8. The molecular formula is C23H20F3N3O2. The Bertz CT molecular complexity index is 1120. The highest BCUT2D eigenvalue weighted by atomic mass is 19.4. The van der Waals surface area contributed by atoms with E-state index in [0.717, 1.165) is 56.3 Å². The van der Waals surface area contributed by atoms with E-state index in [1.165, 1.54) is 18.2 Å². The Hall–Kier alpha value is -3.42. The molecule has 0 amide bonds. The van der Waals surface area contributed by atoms with E-state index < -0.39 is 17.7 Å². The summed E-state index contributed by atoms with van der Waals surface area (Å²) in [5.74, 6) is 1.18. The standard InChI is InChI=1S/C23H20F3N3O2/c24-23(25,26)17-8-6-7-16(15-17)12-13-21(30)31-19-10-4-3-9-18(19)22-28-27-20-11-2-1-5-14-29(20)22/h3-4,6-10,12-13,15H,1-2,5,11,14H2/b13-12+. The Kier molecular flexibility index (Phi) is 5.88. The lowest BCUT2D eigenvalue weighted by Gasteiger charge is -2.11. The average molecular weight is 427 g/mol. The molecule has 1 aliphatic heterocycles. The van der Waals surface area contributed by atoms with E-state index in [2.05, 4.69) is 14.8 Å². The maximum Gasteiger partial charge on any atom is 0.416 e. The molecule has 160 valence electrons. The van der Waals surface area contributed by atoms with Crippen LogP contribution in [0, 0.1) is 0 Å². The van der Waals surface area contributed by atoms with Gasteiger partial charge in [0.15, 0.2) is 5.82 Å². The van der Waals surface area contributed by atoms with Gasteiger partial charge >= 0.3 is 12.1 Å². The number of carbonyl (C=O) groups is 1. The Labute approximate surface area is 177 Å². The van der Waals surface area contributed by atoms with Crippen LogP contribution in [0.25, 0.3) is 17.5 Å². The number of benzene rings is 2. The summed E-state index contributed by atoms with van der Waals surface area (Å²) in [5.41, 5.74) is 0.118. The number of hydrogen-bond acceptors (Lipinski definition) is 4. The summed E-state index contributed by atoms with van der Waals surface area (Å²) in [4.78, 5) is 12.4. The molecule has 0 unspecified atom stereocenters. The van der Waals surface area contributed by atoms with Crippen LogP contribution in [-0.2, 0) is 23.9 Å². The third-order valence-electron chi connectivity index (χ3n) is 5.07. The molecule has 2 aromatic carbocycles. The summed E-state index contributed by atoms with van der Waals surface area (Å²) in [5, 5.41) is 8.59. The molecule has 8 heteroatoms. The highest BCUT2D eigenvalue weighted by Gasteiger charge is 2.30. The SMILES string of the molecule is O=C(/C=C/c1cccc(C(F)(F)F)c1)Oc1ccccc1-c1nnc2n1CCCCC2. The Morgan fingerprint density at radius 2 is 1.87 bits per heavy atom. The molecule has 1 aromatic heterocycles. The molecule has 0 fully saturated rings. The van der Waals surface area contributed by atoms with Crippen molar-refractivity contribution < 1.29 is 22.7 Å². The number of ether oxygens (including phenoxy) is 1. The first-order chi connectivity index (χ1) is 14.9. The van der Waals surface area contributed by atoms with Gasteiger partial charge in [-0.3, -0.25) is 0 Å². The topological polar surface area (TPSA) is 57.0 Å². The Morgan fingerprint density at radius 3 is 2.71 bits per heavy atom. The quantitative estimate of drug-likeness (QED) is 0.322. The van der Waals surface area contributed by atoms with Crippen molar-refractivity contribution in [3.05, 3.63) is 71.6 Å². The summed E-state index contributed by atoms with van der Waals surface area (Å²) in [7, 11) is 0. The van der Waals surface area contributed by atoms with Gasteiger partial charge in [-0.1, -0.05) is 30.7 Å². The second-order valence-corrected chi connectivity index (χ2v) is 7.28. The van der Waals surface area contributed by atoms with Gasteiger partial charge < -0.3 is 9.30 Å². The number of carbonyl (C=O) groups excluding carboxylic acids is 1. The molecular weight excluding hydrogens is 407 g/mol. The molecule has 0 spiro atoms. The molecule has 0 radical (unpaired) electrons. The average Bonchev–Trinajstić information content (AvgIpc) is 3.00. The van der Waals surface area contributed by atoms with Crippen molar-refractivity contribution in [3.63, 3.8) is 0 Å². The fraction of sp³-hybridized carbons (Fsp3) is 0.261. The molecule has 0 saturated heterocycles. The van der Waals surface area contributed by atoms with Crippen molar-refractivity contribution in [2.75, 3.05) is 0 Å². The second-order valence-electron chi connectivity index (χ2n) is 7.28. The lowest BCUT2D eigenvalue weighted by molar-refractivity contribution is -0.137. The van der Waals surface area contributed by atoms with E-state index in [-0.39, 0.29) is 5.56 Å². The number of para-hydroxylation sites is 1. The molecule has 4 rings (SSSR count). The molecule has 31 heavy (non-hydrogen) atoms. The third kappa shape index (κ3) is 4.84. The van der Waals surface area contributed by atoms with Crippen LogP contribution in [0.4, 0.5) is 13.2 Å². The predicted molar refractivity (Wildman–Crippen MR) is 109 cm³/mol. The molecule has 0 atom stereocenters. The van der Waals surface area contributed by atoms with Crippen molar-refractivity contribution in [1.82, 2.24) is 14.8 Å². The summed E-state index contributed by atoms with van der Waals surface area (Å²) >= 11 is 0. The van der Waals surface area contributed by atoms with Gasteiger partial charge in [0.2, 0.25) is 0 Å². The van der Waals surface area contributed by atoms with Gasteiger partial charge in [0.25, 0.3) is 0 Å². The molecule has 3 aromatic rings. The van der Waals surface area contributed by atoms with Gasteiger partial charge in [0.05, 0.1) is 11.1 Å². The van der Waals surface area contributed by atoms with E-state index in [1.54, 1.807) is 18.2 Å². The minimum absolute atomic E-state index is 0.253. The molecule has 5 nitrogen and oxygen atoms in total.